The van der Waals surface area contributed by atoms with Crippen molar-refractivity contribution in [2.45, 2.75) is 42.7 Å². The van der Waals surface area contributed by atoms with Gasteiger partial charge in [0.1, 0.15) is 11.9 Å². The lowest BCUT2D eigenvalue weighted by Crippen LogP contribution is -2.50. The third kappa shape index (κ3) is 6.90. The van der Waals surface area contributed by atoms with Gasteiger partial charge in [-0.15, -0.1) is 0 Å². The molecule has 3 aromatic rings. The van der Waals surface area contributed by atoms with Gasteiger partial charge in [-0.2, -0.15) is 4.31 Å². The molecular weight excluding hydrogens is 602 g/mol. The Morgan fingerprint density at radius 3 is 2.29 bits per heavy atom. The minimum atomic E-state index is -3.94. The van der Waals surface area contributed by atoms with Gasteiger partial charge in [0.05, 0.1) is 34.5 Å². The van der Waals surface area contributed by atoms with Crippen LogP contribution in [0.1, 0.15) is 29.8 Å². The normalized spacial score (nSPS) is 18.5. The number of aliphatic hydroxyl groups is 1. The molecule has 0 bridgehead atoms. The summed E-state index contributed by atoms with van der Waals surface area (Å²) in [4.78, 5) is 15.3. The number of fused-ring (bicyclic) bond motifs is 1. The molecule has 10 nitrogen and oxygen atoms in total. The fourth-order valence-electron chi connectivity index (χ4n) is 4.57. The van der Waals surface area contributed by atoms with Crippen LogP contribution in [-0.2, 0) is 20.0 Å². The fourth-order valence-corrected chi connectivity index (χ4v) is 6.93. The molecule has 0 spiro atoms. The highest BCUT2D eigenvalue weighted by Gasteiger charge is 2.35. The van der Waals surface area contributed by atoms with E-state index in [4.69, 9.17) is 16.3 Å². The molecule has 1 aliphatic rings. The standard InChI is InChI=1S/C29H34ClN3O7S2/c1-19-5-10-24(11-6-19)41(36,37)31-23-9-14-27-26(15-23)29(35)33(21(3)18-34)16-20(2)28(40-27)17-32(4)42(38,39)25-12-7-22(30)8-13-25/h5-15,20-21,28,31,34H,16-18H2,1-4H3/t20-,21+,28+/m0/s1. The summed E-state index contributed by atoms with van der Waals surface area (Å²) in [6.45, 7) is 5.21. The van der Waals surface area contributed by atoms with Gasteiger partial charge in [0, 0.05) is 30.2 Å². The van der Waals surface area contributed by atoms with Crippen LogP contribution in [0, 0.1) is 12.8 Å². The number of carbonyl (C=O) groups is 1. The van der Waals surface area contributed by atoms with E-state index < -0.39 is 38.1 Å². The van der Waals surface area contributed by atoms with Gasteiger partial charge in [-0.1, -0.05) is 36.2 Å². The number of aliphatic hydroxyl groups excluding tert-OH is 1. The Bertz CT molecular complexity index is 1650. The summed E-state index contributed by atoms with van der Waals surface area (Å²) in [6, 6.07) is 16.0. The van der Waals surface area contributed by atoms with Crippen molar-refractivity contribution in [3.8, 4) is 5.75 Å². The van der Waals surface area contributed by atoms with Crippen molar-refractivity contribution in [1.82, 2.24) is 9.21 Å². The van der Waals surface area contributed by atoms with Crippen LogP contribution >= 0.6 is 11.6 Å². The molecule has 1 heterocycles. The lowest BCUT2D eigenvalue weighted by atomic mass is 9.99. The van der Waals surface area contributed by atoms with Gasteiger partial charge in [0.2, 0.25) is 10.0 Å². The number of amides is 1. The number of hydrogen-bond donors (Lipinski definition) is 2. The van der Waals surface area contributed by atoms with Crippen LogP contribution in [0.5, 0.6) is 5.75 Å². The third-order valence-corrected chi connectivity index (χ3v) is 10.7. The van der Waals surface area contributed by atoms with E-state index in [9.17, 15) is 26.7 Å². The topological polar surface area (TPSA) is 133 Å². The summed E-state index contributed by atoms with van der Waals surface area (Å²) in [7, 11) is -6.38. The third-order valence-electron chi connectivity index (χ3n) is 7.21. The van der Waals surface area contributed by atoms with Gasteiger partial charge in [0.25, 0.3) is 15.9 Å². The van der Waals surface area contributed by atoms with Gasteiger partial charge in [-0.05, 0) is 68.4 Å². The number of nitrogens with one attached hydrogen (secondary N) is 1. The largest absolute Gasteiger partial charge is 0.488 e. The summed E-state index contributed by atoms with van der Waals surface area (Å²) in [5.41, 5.74) is 1.14. The van der Waals surface area contributed by atoms with E-state index in [0.717, 1.165) is 5.56 Å². The van der Waals surface area contributed by atoms with Crippen molar-refractivity contribution in [3.63, 3.8) is 0 Å². The van der Waals surface area contributed by atoms with Crippen LogP contribution in [0.25, 0.3) is 0 Å². The molecule has 0 saturated carbocycles. The first-order chi connectivity index (χ1) is 19.7. The van der Waals surface area contributed by atoms with Crippen molar-refractivity contribution in [3.05, 3.63) is 82.9 Å². The summed E-state index contributed by atoms with van der Waals surface area (Å²) < 4.78 is 62.5. The number of benzene rings is 3. The molecule has 1 aliphatic heterocycles. The zero-order valence-electron chi connectivity index (χ0n) is 23.7. The summed E-state index contributed by atoms with van der Waals surface area (Å²) in [5.74, 6) is -0.615. The minimum absolute atomic E-state index is 0.0388. The number of likely N-dealkylation sites (N-methyl/N-ethyl adjacent to an activating group) is 1. The van der Waals surface area contributed by atoms with E-state index in [0.29, 0.717) is 5.02 Å². The van der Waals surface area contributed by atoms with Gasteiger partial charge < -0.3 is 14.7 Å². The number of aryl methyl sites for hydroxylation is 1. The average Bonchev–Trinajstić information content (AvgIpc) is 2.95. The quantitative estimate of drug-likeness (QED) is 0.363. The van der Waals surface area contributed by atoms with Crippen molar-refractivity contribution in [1.29, 1.82) is 0 Å². The Balaban J connectivity index is 1.68. The van der Waals surface area contributed by atoms with E-state index in [1.54, 1.807) is 19.1 Å². The van der Waals surface area contributed by atoms with Crippen LogP contribution in [-0.4, -0.2) is 75.9 Å². The number of hydrogen-bond acceptors (Lipinski definition) is 7. The highest BCUT2D eigenvalue weighted by Crippen LogP contribution is 2.32. The molecule has 2 N–H and O–H groups in total. The second kappa shape index (κ2) is 12.6. The maximum Gasteiger partial charge on any atom is 0.261 e. The first kappa shape index (κ1) is 31.8. The molecule has 13 heteroatoms. The average molecular weight is 636 g/mol. The number of anilines is 1. The number of nitrogens with zero attached hydrogens (tertiary/aromatic N) is 2. The van der Waals surface area contributed by atoms with Gasteiger partial charge in [0.15, 0.2) is 0 Å². The Labute approximate surface area is 252 Å². The fraction of sp³-hybridized carbons (Fsp3) is 0.345. The van der Waals surface area contributed by atoms with E-state index in [-0.39, 0.29) is 52.4 Å². The summed E-state index contributed by atoms with van der Waals surface area (Å²) in [6.07, 6.45) is -0.688. The zero-order chi connectivity index (χ0) is 30.8. The molecule has 226 valence electrons. The molecule has 1 amide bonds. The van der Waals surface area contributed by atoms with Crippen LogP contribution in [0.2, 0.25) is 5.02 Å². The number of ether oxygens (including phenoxy) is 1. The van der Waals surface area contributed by atoms with Gasteiger partial charge >= 0.3 is 0 Å². The summed E-state index contributed by atoms with van der Waals surface area (Å²) >= 11 is 5.93. The van der Waals surface area contributed by atoms with E-state index >= 15 is 0 Å². The first-order valence-electron chi connectivity index (χ1n) is 13.3. The van der Waals surface area contributed by atoms with Crippen LogP contribution in [0.3, 0.4) is 0 Å². The zero-order valence-corrected chi connectivity index (χ0v) is 26.1. The van der Waals surface area contributed by atoms with Crippen molar-refractivity contribution >= 4 is 43.2 Å². The number of halogens is 1. The maximum atomic E-state index is 13.7. The van der Waals surface area contributed by atoms with E-state index in [1.165, 1.54) is 70.9 Å². The first-order valence-corrected chi connectivity index (χ1v) is 16.6. The monoisotopic (exact) mass is 635 g/mol. The lowest BCUT2D eigenvalue weighted by Gasteiger charge is -2.38. The predicted octanol–water partition coefficient (Wildman–Crippen LogP) is 3.99. The second-order valence-electron chi connectivity index (χ2n) is 10.5. The highest BCUT2D eigenvalue weighted by molar-refractivity contribution is 7.92. The Morgan fingerprint density at radius 1 is 1.05 bits per heavy atom. The predicted molar refractivity (Wildman–Crippen MR) is 161 cm³/mol. The van der Waals surface area contributed by atoms with E-state index in [2.05, 4.69) is 4.72 Å². The Hall–Kier alpha value is -3.16. The number of rotatable bonds is 9. The van der Waals surface area contributed by atoms with Gasteiger partial charge in [-0.25, -0.2) is 16.8 Å². The maximum absolute atomic E-state index is 13.7. The molecule has 4 rings (SSSR count). The Kier molecular flexibility index (Phi) is 9.53. The summed E-state index contributed by atoms with van der Waals surface area (Å²) in [5, 5.41) is 10.3. The smallest absolute Gasteiger partial charge is 0.261 e. The molecule has 0 radical (unpaired) electrons. The molecule has 3 aromatic carbocycles. The molecule has 3 atom stereocenters. The van der Waals surface area contributed by atoms with E-state index in [1.807, 2.05) is 13.8 Å². The molecule has 0 aliphatic carbocycles. The Morgan fingerprint density at radius 2 is 1.67 bits per heavy atom. The second-order valence-corrected chi connectivity index (χ2v) is 14.7. The van der Waals surface area contributed by atoms with Crippen molar-refractivity contribution < 1.29 is 31.5 Å². The molecule has 0 fully saturated rings. The molecule has 0 aromatic heterocycles. The number of sulfonamides is 2. The molecular formula is C29H34ClN3O7S2. The molecule has 42 heavy (non-hydrogen) atoms. The number of carbonyl (C=O) groups excluding carboxylic acids is 1. The van der Waals surface area contributed by atoms with Gasteiger partial charge in [-0.3, -0.25) is 9.52 Å². The van der Waals surface area contributed by atoms with Crippen LogP contribution in [0.4, 0.5) is 5.69 Å². The minimum Gasteiger partial charge on any atom is -0.488 e. The highest BCUT2D eigenvalue weighted by atomic mass is 35.5. The lowest BCUT2D eigenvalue weighted by molar-refractivity contribution is 0.0387. The molecule has 0 saturated heterocycles. The molecule has 0 unspecified atom stereocenters. The van der Waals surface area contributed by atoms with Crippen LogP contribution in [0.15, 0.2) is 76.5 Å². The van der Waals surface area contributed by atoms with Crippen LogP contribution < -0.4 is 9.46 Å². The van der Waals surface area contributed by atoms with Crippen molar-refractivity contribution in [2.75, 3.05) is 31.5 Å². The SMILES string of the molecule is Cc1ccc(S(=O)(=O)Nc2ccc3c(c2)C(=O)N([C@H](C)CO)C[C@H](C)[C@@H](CN(C)S(=O)(=O)c2ccc(Cl)cc2)O3)cc1. The van der Waals surface area contributed by atoms with Crippen molar-refractivity contribution in [2.24, 2.45) is 5.92 Å².